The Labute approximate surface area is 221 Å². The number of pyridine rings is 1. The smallest absolute Gasteiger partial charge is 0.263 e. The molecule has 0 unspecified atom stereocenters. The van der Waals surface area contributed by atoms with Crippen molar-refractivity contribution < 1.29 is 38.3 Å². The SMILES string of the molecule is CCc1cc(-c2ccccc2)cc(CC)[n+]1NC(=O)c1cccc2nc3ccccc3nc12.[O-][Cl+3]([O-])([O-])[O-]. The normalized spacial score (nSPS) is 11.2. The summed E-state index contributed by atoms with van der Waals surface area (Å²) in [4.78, 5) is 22.9. The minimum atomic E-state index is -4.94. The molecule has 2 heterocycles. The summed E-state index contributed by atoms with van der Waals surface area (Å²) in [5, 5.41) is 0. The standard InChI is InChI=1S/C28H24N4O.ClHO4/c1-3-21-17-20(19-11-6-5-7-12-19)18-22(4-2)32(21)31-28(33)23-13-10-16-26-27(23)30-25-15-9-8-14-24(25)29-26;2-1(3,4)5/h5-18H,3-4H2,1-2H3;(H,2,3,4,5). The lowest BCUT2D eigenvalue weighted by Crippen LogP contribution is -2.68. The maximum Gasteiger partial charge on any atom is 0.307 e. The number of fused-ring (bicyclic) bond motifs is 2. The van der Waals surface area contributed by atoms with Crippen LogP contribution in [0.4, 0.5) is 0 Å². The van der Waals surface area contributed by atoms with Gasteiger partial charge in [0.25, 0.3) is 0 Å². The van der Waals surface area contributed by atoms with E-state index in [1.165, 1.54) is 0 Å². The average molecular weight is 533 g/mol. The molecule has 1 N–H and O–H groups in total. The number of carbonyl (C=O) groups is 1. The first-order valence-electron chi connectivity index (χ1n) is 11.9. The molecular weight excluding hydrogens is 508 g/mol. The van der Waals surface area contributed by atoms with Crippen LogP contribution in [-0.4, -0.2) is 15.9 Å². The number of hydrogen-bond donors (Lipinski definition) is 1. The van der Waals surface area contributed by atoms with Crippen LogP contribution in [0.15, 0.2) is 84.9 Å². The number of rotatable bonds is 5. The molecule has 5 aromatic rings. The van der Waals surface area contributed by atoms with Gasteiger partial charge >= 0.3 is 5.91 Å². The van der Waals surface area contributed by atoms with Crippen LogP contribution in [0.5, 0.6) is 0 Å². The summed E-state index contributed by atoms with van der Waals surface area (Å²) in [7, 11) is -4.94. The van der Waals surface area contributed by atoms with E-state index in [0.717, 1.165) is 46.4 Å². The van der Waals surface area contributed by atoms with Gasteiger partial charge in [-0.25, -0.2) is 28.6 Å². The van der Waals surface area contributed by atoms with Crippen molar-refractivity contribution in [1.82, 2.24) is 9.97 Å². The van der Waals surface area contributed by atoms with Crippen LogP contribution in [-0.2, 0) is 12.8 Å². The lowest BCUT2D eigenvalue weighted by atomic mass is 10.0. The van der Waals surface area contributed by atoms with Crippen molar-refractivity contribution in [2.24, 2.45) is 0 Å². The van der Waals surface area contributed by atoms with E-state index in [4.69, 9.17) is 28.6 Å². The van der Waals surface area contributed by atoms with Crippen molar-refractivity contribution in [2.75, 3.05) is 5.43 Å². The highest BCUT2D eigenvalue weighted by atomic mass is 35.7. The summed E-state index contributed by atoms with van der Waals surface area (Å²) in [6.07, 6.45) is 1.57. The van der Waals surface area contributed by atoms with E-state index in [9.17, 15) is 4.79 Å². The van der Waals surface area contributed by atoms with Gasteiger partial charge in [-0.1, -0.05) is 67.1 Å². The highest BCUT2D eigenvalue weighted by Gasteiger charge is 2.23. The summed E-state index contributed by atoms with van der Waals surface area (Å²) >= 11 is 0. The predicted molar refractivity (Wildman–Crippen MR) is 132 cm³/mol. The van der Waals surface area contributed by atoms with Gasteiger partial charge in [0.1, 0.15) is 5.52 Å². The second kappa shape index (κ2) is 11.6. The maximum atomic E-state index is 13.5. The lowest BCUT2D eigenvalue weighted by molar-refractivity contribution is -2.00. The van der Waals surface area contributed by atoms with Crippen LogP contribution in [0.25, 0.3) is 33.2 Å². The number of aryl methyl sites for hydroxylation is 2. The van der Waals surface area contributed by atoms with Gasteiger partial charge in [-0.2, -0.15) is 0 Å². The summed E-state index contributed by atoms with van der Waals surface area (Å²) in [6, 6.07) is 27.9. The van der Waals surface area contributed by atoms with E-state index in [0.29, 0.717) is 16.6 Å². The van der Waals surface area contributed by atoms with Crippen molar-refractivity contribution >= 4 is 28.0 Å². The molecule has 0 radical (unpaired) electrons. The van der Waals surface area contributed by atoms with Crippen molar-refractivity contribution in [1.29, 1.82) is 0 Å². The van der Waals surface area contributed by atoms with Crippen LogP contribution in [0, 0.1) is 10.2 Å². The number of halogens is 1. The Morgan fingerprint density at radius 1 is 0.737 bits per heavy atom. The topological polar surface area (TPSA) is 151 Å². The van der Waals surface area contributed by atoms with Crippen LogP contribution < -0.4 is 28.7 Å². The fourth-order valence-corrected chi connectivity index (χ4v) is 4.16. The van der Waals surface area contributed by atoms with Crippen molar-refractivity contribution in [2.45, 2.75) is 26.7 Å². The Morgan fingerprint density at radius 2 is 1.26 bits per heavy atom. The molecule has 0 fully saturated rings. The molecule has 194 valence electrons. The van der Waals surface area contributed by atoms with Crippen LogP contribution in [0.1, 0.15) is 35.6 Å². The number of nitrogens with zero attached hydrogens (tertiary/aromatic N) is 3. The van der Waals surface area contributed by atoms with Crippen molar-refractivity contribution in [3.05, 3.63) is 102 Å². The molecule has 1 amide bonds. The van der Waals surface area contributed by atoms with E-state index in [-0.39, 0.29) is 5.91 Å². The highest BCUT2D eigenvalue weighted by molar-refractivity contribution is 6.08. The molecule has 0 spiro atoms. The average Bonchev–Trinajstić information content (AvgIpc) is 2.91. The minimum absolute atomic E-state index is 0.202. The van der Waals surface area contributed by atoms with Gasteiger partial charge in [0.2, 0.25) is 11.4 Å². The largest absolute Gasteiger partial charge is 0.307 e. The van der Waals surface area contributed by atoms with Crippen molar-refractivity contribution in [3.8, 4) is 11.1 Å². The molecular formula is C28H25ClN4O5. The van der Waals surface area contributed by atoms with Gasteiger partial charge in [-0.05, 0) is 35.4 Å². The third-order valence-corrected chi connectivity index (χ3v) is 5.88. The van der Waals surface area contributed by atoms with Crippen LogP contribution >= 0.6 is 0 Å². The number of aromatic nitrogens is 3. The molecule has 0 bridgehead atoms. The quantitative estimate of drug-likeness (QED) is 0.255. The molecule has 3 aromatic carbocycles. The third kappa shape index (κ3) is 6.46. The van der Waals surface area contributed by atoms with Crippen molar-refractivity contribution in [3.63, 3.8) is 0 Å². The van der Waals surface area contributed by atoms with E-state index in [2.05, 4.69) is 43.5 Å². The number of carbonyl (C=O) groups excluding carboxylic acids is 1. The molecule has 5 rings (SSSR count). The van der Waals surface area contributed by atoms with Gasteiger partial charge in [0, 0.05) is 25.0 Å². The maximum absolute atomic E-state index is 13.5. The first-order valence-corrected chi connectivity index (χ1v) is 13.1. The van der Waals surface area contributed by atoms with Crippen LogP contribution in [0.2, 0.25) is 0 Å². The molecule has 10 heteroatoms. The Kier molecular flexibility index (Phi) is 8.26. The Bertz CT molecular complexity index is 1560. The zero-order valence-electron chi connectivity index (χ0n) is 20.8. The molecule has 0 saturated carbocycles. The Morgan fingerprint density at radius 3 is 1.84 bits per heavy atom. The molecule has 9 nitrogen and oxygen atoms in total. The summed E-state index contributed by atoms with van der Waals surface area (Å²) in [5.41, 5.74) is 10.9. The lowest BCUT2D eigenvalue weighted by Gasteiger charge is -2.17. The zero-order chi connectivity index (χ0) is 27.3. The number of nitrogens with one attached hydrogen (secondary N) is 1. The van der Waals surface area contributed by atoms with Gasteiger partial charge in [-0.3, -0.25) is 4.79 Å². The number of amides is 1. The predicted octanol–water partition coefficient (Wildman–Crippen LogP) is 0.490. The van der Waals surface area contributed by atoms with E-state index in [1.54, 1.807) is 6.07 Å². The molecule has 38 heavy (non-hydrogen) atoms. The first kappa shape index (κ1) is 27.1. The molecule has 0 aliphatic heterocycles. The molecule has 2 aromatic heterocycles. The van der Waals surface area contributed by atoms with Gasteiger partial charge in [0.15, 0.2) is 0 Å². The monoisotopic (exact) mass is 532 g/mol. The molecule has 0 atom stereocenters. The summed E-state index contributed by atoms with van der Waals surface area (Å²) in [5.74, 6) is -0.202. The molecule has 0 aliphatic carbocycles. The van der Waals surface area contributed by atoms with Gasteiger partial charge in [-0.15, -0.1) is 15.7 Å². The minimum Gasteiger partial charge on any atom is -0.263 e. The van der Waals surface area contributed by atoms with Gasteiger partial charge in [0.05, 0.1) is 22.1 Å². The number of benzene rings is 3. The summed E-state index contributed by atoms with van der Waals surface area (Å²) in [6.45, 7) is 4.20. The fourth-order valence-electron chi connectivity index (χ4n) is 4.16. The van der Waals surface area contributed by atoms with Crippen LogP contribution in [0.3, 0.4) is 0 Å². The zero-order valence-corrected chi connectivity index (χ0v) is 21.5. The van der Waals surface area contributed by atoms with E-state index >= 15 is 0 Å². The Hall–Kier alpha value is -3.99. The highest BCUT2D eigenvalue weighted by Crippen LogP contribution is 2.22. The molecule has 0 aliphatic rings. The van der Waals surface area contributed by atoms with E-state index in [1.807, 2.05) is 59.3 Å². The van der Waals surface area contributed by atoms with Gasteiger partial charge < -0.3 is 0 Å². The fraction of sp³-hybridized carbons (Fsp3) is 0.143. The second-order valence-electron chi connectivity index (χ2n) is 8.34. The Balaban J connectivity index is 0.000000617. The second-order valence-corrected chi connectivity index (χ2v) is 9.10. The first-order chi connectivity index (χ1) is 18.2. The number of hydrogen-bond acceptors (Lipinski definition) is 7. The summed E-state index contributed by atoms with van der Waals surface area (Å²) < 4.78 is 35.9. The number of para-hydroxylation sites is 3. The third-order valence-electron chi connectivity index (χ3n) is 5.88. The van der Waals surface area contributed by atoms with E-state index < -0.39 is 10.2 Å². The molecule has 0 saturated heterocycles.